The molecule has 3 nitrogen and oxygen atoms in total. The second-order valence-corrected chi connectivity index (χ2v) is 5.19. The van der Waals surface area contributed by atoms with Gasteiger partial charge in [0.15, 0.2) is 6.29 Å². The summed E-state index contributed by atoms with van der Waals surface area (Å²) in [7, 11) is 0. The minimum Gasteiger partial charge on any atom is -0.351 e. The molecule has 0 aliphatic carbocycles. The molecule has 0 fully saturated rings. The van der Waals surface area contributed by atoms with Gasteiger partial charge in [-0.05, 0) is 44.5 Å². The summed E-state index contributed by atoms with van der Waals surface area (Å²) in [5, 5.41) is 3.45. The summed E-state index contributed by atoms with van der Waals surface area (Å²) in [4.78, 5) is 0. The van der Waals surface area contributed by atoms with Gasteiger partial charge in [-0.1, -0.05) is 35.0 Å². The Hall–Kier alpha value is -0.420. The van der Waals surface area contributed by atoms with E-state index in [0.717, 1.165) is 17.4 Å². The van der Waals surface area contributed by atoms with E-state index in [2.05, 4.69) is 52.4 Å². The van der Waals surface area contributed by atoms with E-state index in [1.165, 1.54) is 5.56 Å². The number of likely N-dealkylation sites (N-methyl/N-ethyl adjacent to an activating group) is 1. The standard InChI is InChI=1S/C15H24BrNO2/c1-4-17-14(15(18-5-2)19-6-3)11-12-7-9-13(16)10-8-12/h7-10,14-15,17H,4-6,11H2,1-3H3. The zero-order valence-electron chi connectivity index (χ0n) is 12.0. The van der Waals surface area contributed by atoms with Crippen LogP contribution in [0.3, 0.4) is 0 Å². The van der Waals surface area contributed by atoms with Crippen LogP contribution in [0.2, 0.25) is 0 Å². The van der Waals surface area contributed by atoms with E-state index in [4.69, 9.17) is 9.47 Å². The summed E-state index contributed by atoms with van der Waals surface area (Å²) in [6.07, 6.45) is 0.699. The normalized spacial score (nSPS) is 12.9. The molecule has 19 heavy (non-hydrogen) atoms. The summed E-state index contributed by atoms with van der Waals surface area (Å²) < 4.78 is 12.5. The molecule has 1 unspecified atom stereocenters. The zero-order valence-corrected chi connectivity index (χ0v) is 13.6. The third-order valence-electron chi connectivity index (χ3n) is 2.83. The highest BCUT2D eigenvalue weighted by molar-refractivity contribution is 9.10. The van der Waals surface area contributed by atoms with E-state index < -0.39 is 0 Å². The summed E-state index contributed by atoms with van der Waals surface area (Å²) >= 11 is 3.46. The summed E-state index contributed by atoms with van der Waals surface area (Å²) in [6.45, 7) is 8.31. The molecule has 0 radical (unpaired) electrons. The molecule has 0 bridgehead atoms. The number of benzene rings is 1. The Morgan fingerprint density at radius 3 is 2.11 bits per heavy atom. The smallest absolute Gasteiger partial charge is 0.172 e. The molecule has 0 aromatic heterocycles. The van der Waals surface area contributed by atoms with Crippen molar-refractivity contribution in [3.05, 3.63) is 34.3 Å². The van der Waals surface area contributed by atoms with E-state index in [0.29, 0.717) is 13.2 Å². The first kappa shape index (κ1) is 16.6. The highest BCUT2D eigenvalue weighted by atomic mass is 79.9. The van der Waals surface area contributed by atoms with Crippen molar-refractivity contribution in [2.24, 2.45) is 0 Å². The largest absolute Gasteiger partial charge is 0.351 e. The van der Waals surface area contributed by atoms with E-state index in [1.807, 2.05) is 13.8 Å². The van der Waals surface area contributed by atoms with Gasteiger partial charge < -0.3 is 14.8 Å². The Morgan fingerprint density at radius 1 is 1.05 bits per heavy atom. The first-order valence-corrected chi connectivity index (χ1v) is 7.71. The average Bonchev–Trinajstić information content (AvgIpc) is 2.40. The van der Waals surface area contributed by atoms with Crippen molar-refractivity contribution in [1.82, 2.24) is 5.32 Å². The number of ether oxygens (including phenoxy) is 2. The van der Waals surface area contributed by atoms with Gasteiger partial charge in [-0.25, -0.2) is 0 Å². The lowest BCUT2D eigenvalue weighted by Crippen LogP contribution is -2.44. The lowest BCUT2D eigenvalue weighted by Gasteiger charge is -2.27. The Kier molecular flexibility index (Phi) is 8.30. The van der Waals surface area contributed by atoms with Crippen molar-refractivity contribution in [2.75, 3.05) is 19.8 Å². The van der Waals surface area contributed by atoms with Crippen LogP contribution in [0.25, 0.3) is 0 Å². The van der Waals surface area contributed by atoms with Crippen molar-refractivity contribution in [1.29, 1.82) is 0 Å². The number of rotatable bonds is 9. The van der Waals surface area contributed by atoms with Gasteiger partial charge in [0.05, 0.1) is 6.04 Å². The predicted octanol–water partition coefficient (Wildman–Crippen LogP) is 3.37. The molecule has 0 heterocycles. The van der Waals surface area contributed by atoms with Gasteiger partial charge in [0.25, 0.3) is 0 Å². The topological polar surface area (TPSA) is 30.5 Å². The van der Waals surface area contributed by atoms with Crippen LogP contribution < -0.4 is 5.32 Å². The average molecular weight is 330 g/mol. The van der Waals surface area contributed by atoms with Crippen LogP contribution in [0.5, 0.6) is 0 Å². The van der Waals surface area contributed by atoms with E-state index >= 15 is 0 Å². The first-order chi connectivity index (χ1) is 9.21. The Morgan fingerprint density at radius 2 is 1.63 bits per heavy atom. The van der Waals surface area contributed by atoms with Crippen molar-refractivity contribution in [3.8, 4) is 0 Å². The monoisotopic (exact) mass is 329 g/mol. The Balaban J connectivity index is 2.71. The molecule has 0 saturated heterocycles. The maximum absolute atomic E-state index is 5.70. The quantitative estimate of drug-likeness (QED) is 0.704. The lowest BCUT2D eigenvalue weighted by molar-refractivity contribution is -0.153. The van der Waals surface area contributed by atoms with Gasteiger partial charge >= 0.3 is 0 Å². The van der Waals surface area contributed by atoms with Gasteiger partial charge in [-0.2, -0.15) is 0 Å². The second kappa shape index (κ2) is 9.48. The molecule has 0 aliphatic heterocycles. The molecule has 0 aliphatic rings. The zero-order chi connectivity index (χ0) is 14.1. The molecule has 1 rings (SSSR count). The maximum atomic E-state index is 5.70. The highest BCUT2D eigenvalue weighted by Gasteiger charge is 2.21. The lowest BCUT2D eigenvalue weighted by atomic mass is 10.1. The van der Waals surface area contributed by atoms with Crippen LogP contribution in [0.15, 0.2) is 28.7 Å². The van der Waals surface area contributed by atoms with Crippen molar-refractivity contribution >= 4 is 15.9 Å². The Labute approximate surface area is 124 Å². The molecule has 0 amide bonds. The third-order valence-corrected chi connectivity index (χ3v) is 3.35. The fourth-order valence-electron chi connectivity index (χ4n) is 2.01. The van der Waals surface area contributed by atoms with E-state index in [1.54, 1.807) is 0 Å². The highest BCUT2D eigenvalue weighted by Crippen LogP contribution is 2.14. The van der Waals surface area contributed by atoms with Crippen LogP contribution in [-0.2, 0) is 15.9 Å². The van der Waals surface area contributed by atoms with E-state index in [9.17, 15) is 0 Å². The van der Waals surface area contributed by atoms with Crippen LogP contribution in [0, 0.1) is 0 Å². The molecule has 0 saturated carbocycles. The van der Waals surface area contributed by atoms with Gasteiger partial charge in [0, 0.05) is 17.7 Å². The minimum absolute atomic E-state index is 0.172. The summed E-state index contributed by atoms with van der Waals surface area (Å²) in [6, 6.07) is 8.56. The van der Waals surface area contributed by atoms with Gasteiger partial charge in [-0.15, -0.1) is 0 Å². The summed E-state index contributed by atoms with van der Waals surface area (Å²) in [5.74, 6) is 0. The molecule has 0 spiro atoms. The third kappa shape index (κ3) is 6.04. The molecular weight excluding hydrogens is 306 g/mol. The van der Waals surface area contributed by atoms with Crippen LogP contribution in [0.4, 0.5) is 0 Å². The minimum atomic E-state index is -0.196. The fourth-order valence-corrected chi connectivity index (χ4v) is 2.27. The number of hydrogen-bond acceptors (Lipinski definition) is 3. The molecule has 1 atom stereocenters. The van der Waals surface area contributed by atoms with Crippen LogP contribution in [0.1, 0.15) is 26.3 Å². The molecule has 4 heteroatoms. The number of hydrogen-bond donors (Lipinski definition) is 1. The number of nitrogens with one attached hydrogen (secondary N) is 1. The van der Waals surface area contributed by atoms with Gasteiger partial charge in [0.2, 0.25) is 0 Å². The van der Waals surface area contributed by atoms with Crippen molar-refractivity contribution in [3.63, 3.8) is 0 Å². The Bertz CT molecular complexity index is 337. The molecular formula is C15H24BrNO2. The summed E-state index contributed by atoms with van der Waals surface area (Å²) in [5.41, 5.74) is 1.28. The molecule has 1 aromatic carbocycles. The predicted molar refractivity (Wildman–Crippen MR) is 82.4 cm³/mol. The van der Waals surface area contributed by atoms with Crippen LogP contribution >= 0.6 is 15.9 Å². The maximum Gasteiger partial charge on any atom is 0.172 e. The fraction of sp³-hybridized carbons (Fsp3) is 0.600. The molecule has 1 N–H and O–H groups in total. The van der Waals surface area contributed by atoms with Crippen LogP contribution in [-0.4, -0.2) is 32.1 Å². The molecule has 108 valence electrons. The number of halogens is 1. The first-order valence-electron chi connectivity index (χ1n) is 6.92. The van der Waals surface area contributed by atoms with Crippen molar-refractivity contribution in [2.45, 2.75) is 39.5 Å². The second-order valence-electron chi connectivity index (χ2n) is 4.27. The van der Waals surface area contributed by atoms with Crippen molar-refractivity contribution < 1.29 is 9.47 Å². The SMILES string of the molecule is CCNC(Cc1ccc(Br)cc1)C(OCC)OCC. The van der Waals surface area contributed by atoms with Gasteiger partial charge in [0.1, 0.15) is 0 Å². The van der Waals surface area contributed by atoms with Gasteiger partial charge in [-0.3, -0.25) is 0 Å². The van der Waals surface area contributed by atoms with E-state index in [-0.39, 0.29) is 12.3 Å². The molecule has 1 aromatic rings.